The standard InChI is InChI=1S/C34H36N2O2/c1-25(31-13-7-11-29-10-5-6-12-33(29)31)35-22-30-24-36(21-20-32(30)28-8-3-2-4-9-28)23-27-16-14-26(15-17-27)18-19-34(37)38/h2-19,25,30,32,35H,20-24H2,1H3,(H,37,38)/b19-18+/t25-,30?,32?/m1/s1. The van der Waals surface area contributed by atoms with Crippen LogP contribution in [-0.2, 0) is 11.3 Å². The first-order valence-electron chi connectivity index (χ1n) is 13.5. The van der Waals surface area contributed by atoms with E-state index in [2.05, 4.69) is 102 Å². The summed E-state index contributed by atoms with van der Waals surface area (Å²) in [6.07, 6.45) is 3.95. The van der Waals surface area contributed by atoms with Crippen molar-refractivity contribution in [2.45, 2.75) is 31.8 Å². The molecule has 0 spiro atoms. The van der Waals surface area contributed by atoms with Crippen molar-refractivity contribution in [2.24, 2.45) is 5.92 Å². The Balaban J connectivity index is 1.29. The second-order valence-electron chi connectivity index (χ2n) is 10.4. The molecule has 1 aliphatic heterocycles. The van der Waals surface area contributed by atoms with Crippen LogP contribution in [0.4, 0.5) is 0 Å². The van der Waals surface area contributed by atoms with Crippen molar-refractivity contribution in [1.82, 2.24) is 10.2 Å². The minimum absolute atomic E-state index is 0.263. The van der Waals surface area contributed by atoms with E-state index < -0.39 is 5.97 Å². The molecular formula is C34H36N2O2. The lowest BCUT2D eigenvalue weighted by molar-refractivity contribution is -0.131. The second-order valence-corrected chi connectivity index (χ2v) is 10.4. The van der Waals surface area contributed by atoms with Crippen LogP contribution >= 0.6 is 0 Å². The van der Waals surface area contributed by atoms with Crippen molar-refractivity contribution in [3.63, 3.8) is 0 Å². The molecule has 0 radical (unpaired) electrons. The first kappa shape index (κ1) is 25.9. The number of aliphatic carboxylic acids is 1. The van der Waals surface area contributed by atoms with Gasteiger partial charge in [-0.1, -0.05) is 97.1 Å². The molecule has 4 nitrogen and oxygen atoms in total. The highest BCUT2D eigenvalue weighted by molar-refractivity contribution is 5.86. The number of hydrogen-bond donors (Lipinski definition) is 2. The molecule has 2 unspecified atom stereocenters. The molecule has 0 amide bonds. The first-order chi connectivity index (χ1) is 18.6. The summed E-state index contributed by atoms with van der Waals surface area (Å²) >= 11 is 0. The van der Waals surface area contributed by atoms with E-state index in [1.54, 1.807) is 6.08 Å². The topological polar surface area (TPSA) is 52.6 Å². The van der Waals surface area contributed by atoms with Gasteiger partial charge in [-0.05, 0) is 70.8 Å². The van der Waals surface area contributed by atoms with Gasteiger partial charge in [-0.2, -0.15) is 0 Å². The normalized spacial score (nSPS) is 19.1. The molecule has 0 saturated carbocycles. The highest BCUT2D eigenvalue weighted by atomic mass is 16.4. The van der Waals surface area contributed by atoms with Crippen LogP contribution in [0.25, 0.3) is 16.8 Å². The maximum Gasteiger partial charge on any atom is 0.328 e. The van der Waals surface area contributed by atoms with E-state index >= 15 is 0 Å². The third kappa shape index (κ3) is 6.39. The third-order valence-electron chi connectivity index (χ3n) is 7.83. The number of piperidine rings is 1. The number of nitrogens with zero attached hydrogens (tertiary/aromatic N) is 1. The third-order valence-corrected chi connectivity index (χ3v) is 7.83. The Morgan fingerprint density at radius 1 is 0.974 bits per heavy atom. The van der Waals surface area contributed by atoms with Gasteiger partial charge in [-0.3, -0.25) is 4.90 Å². The fraction of sp³-hybridized carbons (Fsp3) is 0.265. The molecule has 1 saturated heterocycles. The second kappa shape index (κ2) is 12.2. The van der Waals surface area contributed by atoms with Crippen molar-refractivity contribution in [3.8, 4) is 0 Å². The van der Waals surface area contributed by atoms with E-state index in [9.17, 15) is 4.79 Å². The molecule has 0 aliphatic carbocycles. The van der Waals surface area contributed by atoms with E-state index in [1.165, 1.54) is 33.5 Å². The van der Waals surface area contributed by atoms with Gasteiger partial charge in [0, 0.05) is 31.8 Å². The monoisotopic (exact) mass is 504 g/mol. The van der Waals surface area contributed by atoms with Gasteiger partial charge in [0.15, 0.2) is 0 Å². The maximum absolute atomic E-state index is 10.8. The minimum Gasteiger partial charge on any atom is -0.478 e. The summed E-state index contributed by atoms with van der Waals surface area (Å²) in [5, 5.41) is 15.4. The van der Waals surface area contributed by atoms with Crippen LogP contribution in [0, 0.1) is 5.92 Å². The van der Waals surface area contributed by atoms with Gasteiger partial charge >= 0.3 is 5.97 Å². The Morgan fingerprint density at radius 3 is 2.50 bits per heavy atom. The molecule has 5 rings (SSSR count). The van der Waals surface area contributed by atoms with Gasteiger partial charge in [-0.15, -0.1) is 0 Å². The summed E-state index contributed by atoms with van der Waals surface area (Å²) in [4.78, 5) is 13.4. The number of nitrogens with one attached hydrogen (secondary N) is 1. The van der Waals surface area contributed by atoms with Crippen LogP contribution in [0.5, 0.6) is 0 Å². The van der Waals surface area contributed by atoms with E-state index in [0.29, 0.717) is 11.8 Å². The summed E-state index contributed by atoms with van der Waals surface area (Å²) in [6, 6.07) is 34.7. The zero-order valence-corrected chi connectivity index (χ0v) is 22.0. The molecular weight excluding hydrogens is 468 g/mol. The van der Waals surface area contributed by atoms with Crippen molar-refractivity contribution < 1.29 is 9.90 Å². The Morgan fingerprint density at radius 2 is 1.71 bits per heavy atom. The van der Waals surface area contributed by atoms with E-state index in [1.807, 2.05) is 12.1 Å². The molecule has 3 atom stereocenters. The van der Waals surface area contributed by atoms with Gasteiger partial charge in [0.05, 0.1) is 0 Å². The molecule has 38 heavy (non-hydrogen) atoms. The molecule has 4 aromatic rings. The Labute approximate surface area is 225 Å². The summed E-state index contributed by atoms with van der Waals surface area (Å²) in [5.41, 5.74) is 4.95. The van der Waals surface area contributed by atoms with Gasteiger partial charge in [0.2, 0.25) is 0 Å². The molecule has 2 N–H and O–H groups in total. The molecule has 1 fully saturated rings. The van der Waals surface area contributed by atoms with Crippen molar-refractivity contribution >= 4 is 22.8 Å². The largest absolute Gasteiger partial charge is 0.478 e. The summed E-state index contributed by atoms with van der Waals surface area (Å²) in [7, 11) is 0. The van der Waals surface area contributed by atoms with Crippen LogP contribution in [0.3, 0.4) is 0 Å². The minimum atomic E-state index is -0.926. The molecule has 194 valence electrons. The highest BCUT2D eigenvalue weighted by Crippen LogP contribution is 2.34. The Hall–Kier alpha value is -3.73. The average molecular weight is 505 g/mol. The summed E-state index contributed by atoms with van der Waals surface area (Å²) in [5.74, 6) is 0.106. The molecule has 4 aromatic carbocycles. The van der Waals surface area contributed by atoms with Gasteiger partial charge < -0.3 is 10.4 Å². The molecule has 4 heteroatoms. The first-order valence-corrected chi connectivity index (χ1v) is 13.5. The quantitative estimate of drug-likeness (QED) is 0.244. The predicted molar refractivity (Wildman–Crippen MR) is 156 cm³/mol. The molecule has 1 heterocycles. The number of carbonyl (C=O) groups is 1. The molecule has 0 bridgehead atoms. The number of rotatable bonds is 9. The number of carboxylic acid groups (broad SMARTS) is 1. The number of carboxylic acids is 1. The number of hydrogen-bond acceptors (Lipinski definition) is 3. The fourth-order valence-corrected chi connectivity index (χ4v) is 5.82. The SMILES string of the molecule is C[C@@H](NCC1CN(Cc2ccc(/C=C/C(=O)O)cc2)CCC1c1ccccc1)c1cccc2ccccc12. The number of likely N-dealkylation sites (tertiary alicyclic amines) is 1. The zero-order chi connectivity index (χ0) is 26.3. The number of benzene rings is 4. The van der Waals surface area contributed by atoms with Gasteiger partial charge in [0.1, 0.15) is 0 Å². The molecule has 1 aliphatic rings. The summed E-state index contributed by atoms with van der Waals surface area (Å²) in [6.45, 7) is 6.24. The van der Waals surface area contributed by atoms with Crippen molar-refractivity contribution in [3.05, 3.63) is 125 Å². The van der Waals surface area contributed by atoms with Crippen LogP contribution in [-0.4, -0.2) is 35.6 Å². The smallest absolute Gasteiger partial charge is 0.328 e. The van der Waals surface area contributed by atoms with Crippen LogP contribution in [0.1, 0.15) is 47.6 Å². The Bertz CT molecular complexity index is 1380. The lowest BCUT2D eigenvalue weighted by Crippen LogP contribution is -2.43. The van der Waals surface area contributed by atoms with E-state index in [0.717, 1.165) is 38.2 Å². The van der Waals surface area contributed by atoms with Gasteiger partial charge in [0.25, 0.3) is 0 Å². The fourth-order valence-electron chi connectivity index (χ4n) is 5.82. The van der Waals surface area contributed by atoms with Crippen molar-refractivity contribution in [1.29, 1.82) is 0 Å². The lowest BCUT2D eigenvalue weighted by atomic mass is 9.80. The maximum atomic E-state index is 10.8. The van der Waals surface area contributed by atoms with Crippen molar-refractivity contribution in [2.75, 3.05) is 19.6 Å². The highest BCUT2D eigenvalue weighted by Gasteiger charge is 2.30. The Kier molecular flexibility index (Phi) is 8.32. The van der Waals surface area contributed by atoms with Crippen LogP contribution in [0.15, 0.2) is 103 Å². The molecule has 0 aromatic heterocycles. The summed E-state index contributed by atoms with van der Waals surface area (Å²) < 4.78 is 0. The van der Waals surface area contributed by atoms with E-state index in [4.69, 9.17) is 5.11 Å². The average Bonchev–Trinajstić information content (AvgIpc) is 2.96. The zero-order valence-electron chi connectivity index (χ0n) is 22.0. The number of fused-ring (bicyclic) bond motifs is 1. The predicted octanol–water partition coefficient (Wildman–Crippen LogP) is 6.89. The van der Waals surface area contributed by atoms with Crippen LogP contribution in [0.2, 0.25) is 0 Å². The van der Waals surface area contributed by atoms with Crippen LogP contribution < -0.4 is 5.32 Å². The van der Waals surface area contributed by atoms with E-state index in [-0.39, 0.29) is 6.04 Å². The van der Waals surface area contributed by atoms with Gasteiger partial charge in [-0.25, -0.2) is 4.79 Å². The lowest BCUT2D eigenvalue weighted by Gasteiger charge is -2.39.